The van der Waals surface area contributed by atoms with Gasteiger partial charge in [0, 0.05) is 0 Å². The van der Waals surface area contributed by atoms with Gasteiger partial charge in [-0.15, -0.1) is 0 Å². The third-order valence-corrected chi connectivity index (χ3v) is 5.28. The summed E-state index contributed by atoms with van der Waals surface area (Å²) >= 11 is 0. The van der Waals surface area contributed by atoms with Crippen molar-refractivity contribution < 1.29 is 38.4 Å². The summed E-state index contributed by atoms with van der Waals surface area (Å²) in [4.78, 5) is 71.8. The van der Waals surface area contributed by atoms with Crippen LogP contribution in [-0.2, 0) is 0 Å². The number of nitrogens with two attached hydrogens (primary N) is 1. The van der Waals surface area contributed by atoms with E-state index in [-0.39, 0.29) is 28.5 Å². The van der Waals surface area contributed by atoms with Gasteiger partial charge in [-0.2, -0.15) is 0 Å². The van der Waals surface area contributed by atoms with Crippen molar-refractivity contribution in [2.75, 3.05) is 5.73 Å². The molecule has 0 aliphatic heterocycles. The fourth-order valence-corrected chi connectivity index (χ4v) is 3.88. The second kappa shape index (κ2) is 8.67. The van der Waals surface area contributed by atoms with Crippen molar-refractivity contribution in [3.8, 4) is 34.0 Å². The van der Waals surface area contributed by atoms with E-state index in [1.165, 1.54) is 30.6 Å². The molecule has 33 heavy (non-hydrogen) atoms. The predicted octanol–water partition coefficient (Wildman–Crippen LogP) is 0.867. The van der Waals surface area contributed by atoms with E-state index in [1.807, 2.05) is 0 Å². The molecule has 4 rings (SSSR count). The van der Waals surface area contributed by atoms with Gasteiger partial charge in [0.2, 0.25) is 0 Å². The monoisotopic (exact) mass is 495 g/mol. The Labute approximate surface area is 186 Å². The van der Waals surface area contributed by atoms with Gasteiger partial charge in [0.05, 0.1) is 0 Å². The van der Waals surface area contributed by atoms with Crippen molar-refractivity contribution in [3.63, 3.8) is 0 Å². The minimum atomic E-state index is -4.75. The third-order valence-electron chi connectivity index (χ3n) is 4.26. The molecule has 0 aliphatic carbocycles. The SMILES string of the molecule is Nc1ncnc2nc(-c3ccc(O[PH](O)(O)O)cc3)c(-c3ccc(O[PH](O)(O)O)cc3)nc12. The minimum absolute atomic E-state index is 0.0298. The quantitative estimate of drug-likeness (QED) is 0.185. The summed E-state index contributed by atoms with van der Waals surface area (Å²) in [6, 6.07) is 11.9. The van der Waals surface area contributed by atoms with Gasteiger partial charge in [0.25, 0.3) is 0 Å². The van der Waals surface area contributed by atoms with E-state index in [0.29, 0.717) is 22.5 Å². The Balaban J connectivity index is 1.81. The molecule has 0 bridgehead atoms. The summed E-state index contributed by atoms with van der Waals surface area (Å²) in [6.45, 7) is 0. The first-order valence-corrected chi connectivity index (χ1v) is 12.7. The topological polar surface area (TPSA) is 217 Å². The van der Waals surface area contributed by atoms with Crippen molar-refractivity contribution in [2.24, 2.45) is 0 Å². The summed E-state index contributed by atoms with van der Waals surface area (Å²) in [7, 11) is -9.49. The van der Waals surface area contributed by atoms with Crippen LogP contribution in [0.1, 0.15) is 0 Å². The van der Waals surface area contributed by atoms with Gasteiger partial charge >= 0.3 is 186 Å². The van der Waals surface area contributed by atoms with Gasteiger partial charge < -0.3 is 0 Å². The zero-order valence-electron chi connectivity index (χ0n) is 16.6. The van der Waals surface area contributed by atoms with E-state index in [0.717, 1.165) is 0 Å². The molecule has 4 aromatic rings. The molecule has 0 aliphatic rings. The van der Waals surface area contributed by atoms with Crippen molar-refractivity contribution >= 4 is 33.3 Å². The first-order chi connectivity index (χ1) is 15.5. The standard InChI is InChI=1S/C18H19N5O8P2/c19-17-16-18(21-9-20-17)23-15(11-3-7-13(8-4-11)31-33(27,28)29)14(22-16)10-1-5-12(6-2-10)30-32(24,25)26/h1-9,24-29,32-33H,(H2,19,20,21,23). The maximum absolute atomic E-state index is 9.12. The van der Waals surface area contributed by atoms with Crippen LogP contribution in [-0.4, -0.2) is 49.3 Å². The van der Waals surface area contributed by atoms with Crippen molar-refractivity contribution in [1.29, 1.82) is 0 Å². The second-order valence-corrected chi connectivity index (χ2v) is 9.46. The van der Waals surface area contributed by atoms with Crippen LogP contribution in [0.2, 0.25) is 0 Å². The number of benzene rings is 2. The van der Waals surface area contributed by atoms with Gasteiger partial charge in [-0.1, -0.05) is 0 Å². The Morgan fingerprint density at radius 3 is 1.55 bits per heavy atom. The Hall–Kier alpha value is -3.12. The van der Waals surface area contributed by atoms with E-state index in [9.17, 15) is 0 Å². The molecule has 174 valence electrons. The maximum atomic E-state index is 9.12. The zero-order chi connectivity index (χ0) is 23.8. The molecule has 0 saturated carbocycles. The Bertz CT molecular complexity index is 1290. The van der Waals surface area contributed by atoms with E-state index in [2.05, 4.69) is 19.9 Å². The molecule has 2 aromatic carbocycles. The van der Waals surface area contributed by atoms with Crippen molar-refractivity contribution in [3.05, 3.63) is 54.9 Å². The molecule has 0 unspecified atom stereocenters. The molecule has 2 heterocycles. The fraction of sp³-hybridized carbons (Fsp3) is 0. The molecule has 0 fully saturated rings. The summed E-state index contributed by atoms with van der Waals surface area (Å²) < 4.78 is 9.41. The summed E-state index contributed by atoms with van der Waals surface area (Å²) in [5.41, 5.74) is 8.29. The van der Waals surface area contributed by atoms with Crippen molar-refractivity contribution in [1.82, 2.24) is 19.9 Å². The number of anilines is 1. The Kier molecular flexibility index (Phi) is 6.06. The van der Waals surface area contributed by atoms with Crippen LogP contribution in [0.25, 0.3) is 33.7 Å². The zero-order valence-corrected chi connectivity index (χ0v) is 18.6. The van der Waals surface area contributed by atoms with E-state index in [4.69, 9.17) is 44.1 Å². The van der Waals surface area contributed by atoms with E-state index >= 15 is 0 Å². The number of nitrogen functional groups attached to an aromatic ring is 1. The molecule has 0 saturated heterocycles. The van der Waals surface area contributed by atoms with Crippen LogP contribution in [0, 0.1) is 0 Å². The first-order valence-electron chi connectivity index (χ1n) is 9.20. The van der Waals surface area contributed by atoms with E-state index < -0.39 is 16.3 Å². The molecule has 15 heteroatoms. The Morgan fingerprint density at radius 2 is 1.09 bits per heavy atom. The Morgan fingerprint density at radius 1 is 0.636 bits per heavy atom. The van der Waals surface area contributed by atoms with E-state index in [1.54, 1.807) is 24.3 Å². The van der Waals surface area contributed by atoms with Crippen LogP contribution in [0.4, 0.5) is 5.82 Å². The van der Waals surface area contributed by atoms with Crippen LogP contribution in [0.3, 0.4) is 0 Å². The number of rotatable bonds is 6. The molecule has 0 amide bonds. The first kappa shape index (κ1) is 23.1. The summed E-state index contributed by atoms with van der Waals surface area (Å²) in [5, 5.41) is 0. The molecule has 0 spiro atoms. The normalized spacial score (nSPS) is 13.0. The average molecular weight is 495 g/mol. The molecule has 2 aromatic heterocycles. The number of hydrogen-bond acceptors (Lipinski definition) is 13. The number of fused-ring (bicyclic) bond motifs is 1. The fourth-order valence-electron chi connectivity index (χ4n) is 2.98. The summed E-state index contributed by atoms with van der Waals surface area (Å²) in [5.74, 6) is 0.184. The van der Waals surface area contributed by atoms with Crippen molar-refractivity contribution in [2.45, 2.75) is 0 Å². The van der Waals surface area contributed by atoms with Gasteiger partial charge in [0.1, 0.15) is 0 Å². The molecular formula is C18H19N5O8P2. The van der Waals surface area contributed by atoms with Gasteiger partial charge in [-0.05, 0) is 0 Å². The summed E-state index contributed by atoms with van der Waals surface area (Å²) in [6.07, 6.45) is 1.25. The molecule has 8 N–H and O–H groups in total. The predicted molar refractivity (Wildman–Crippen MR) is 122 cm³/mol. The molecular weight excluding hydrogens is 476 g/mol. The molecule has 13 nitrogen and oxygen atoms in total. The van der Waals surface area contributed by atoms with Crippen LogP contribution in [0.5, 0.6) is 11.5 Å². The van der Waals surface area contributed by atoms with Crippen LogP contribution >= 0.6 is 16.3 Å². The molecule has 0 radical (unpaired) electrons. The average Bonchev–Trinajstić information content (AvgIpc) is 2.72. The number of hydrogen-bond donors (Lipinski definition) is 7. The molecule has 0 atom stereocenters. The number of aromatic nitrogens is 4. The van der Waals surface area contributed by atoms with Gasteiger partial charge in [0.15, 0.2) is 0 Å². The van der Waals surface area contributed by atoms with Gasteiger partial charge in [-0.25, -0.2) is 0 Å². The number of nitrogens with zero attached hydrogens (tertiary/aromatic N) is 4. The van der Waals surface area contributed by atoms with Crippen LogP contribution < -0.4 is 14.8 Å². The van der Waals surface area contributed by atoms with Gasteiger partial charge in [-0.3, -0.25) is 0 Å². The second-order valence-electron chi connectivity index (χ2n) is 6.75. The third kappa shape index (κ3) is 5.63. The van der Waals surface area contributed by atoms with Crippen LogP contribution in [0.15, 0.2) is 54.9 Å².